The van der Waals surface area contributed by atoms with Gasteiger partial charge >= 0.3 is 6.03 Å². The molecule has 3 amide bonds. The molecule has 1 N–H and O–H groups in total. The van der Waals surface area contributed by atoms with Gasteiger partial charge in [0.25, 0.3) is 5.91 Å². The summed E-state index contributed by atoms with van der Waals surface area (Å²) in [5.41, 5.74) is -0.696. The van der Waals surface area contributed by atoms with Gasteiger partial charge in [-0.2, -0.15) is 0 Å². The van der Waals surface area contributed by atoms with Crippen LogP contribution in [0.3, 0.4) is 0 Å². The van der Waals surface area contributed by atoms with Crippen LogP contribution in [0.15, 0.2) is 48.5 Å². The average molecular weight is 363 g/mol. The first-order valence-corrected chi connectivity index (χ1v) is 8.06. The van der Waals surface area contributed by atoms with Crippen molar-refractivity contribution in [2.75, 3.05) is 13.2 Å². The number of imide groups is 1. The van der Waals surface area contributed by atoms with E-state index < -0.39 is 23.3 Å². The molecule has 1 aliphatic rings. The van der Waals surface area contributed by atoms with E-state index in [1.807, 2.05) is 0 Å². The lowest BCUT2D eigenvalue weighted by molar-refractivity contribution is -0.131. The molecule has 0 bridgehead atoms. The van der Waals surface area contributed by atoms with Gasteiger partial charge in [0.05, 0.1) is 6.54 Å². The molecule has 1 aliphatic heterocycles. The fourth-order valence-electron chi connectivity index (χ4n) is 2.66. The summed E-state index contributed by atoms with van der Waals surface area (Å²) < 4.78 is 18.6. The standard InChI is InChI=1S/C18H16ClFN2O3/c1-18(12-2-6-14(20)7-3-12)16(23)22(17(24)21-18)10-11-25-15-8-4-13(19)5-9-15/h2-9H,10-11H2,1H3,(H,21,24). The Bertz CT molecular complexity index is 795. The van der Waals surface area contributed by atoms with Crippen molar-refractivity contribution in [3.8, 4) is 5.75 Å². The van der Waals surface area contributed by atoms with Crippen molar-refractivity contribution in [3.05, 3.63) is 64.9 Å². The van der Waals surface area contributed by atoms with Crippen LogP contribution in [0.1, 0.15) is 12.5 Å². The maximum absolute atomic E-state index is 13.1. The third kappa shape index (κ3) is 3.44. The van der Waals surface area contributed by atoms with Gasteiger partial charge in [-0.3, -0.25) is 9.69 Å². The first-order chi connectivity index (χ1) is 11.9. The van der Waals surface area contributed by atoms with Gasteiger partial charge in [-0.05, 0) is 48.9 Å². The van der Waals surface area contributed by atoms with E-state index in [4.69, 9.17) is 16.3 Å². The first kappa shape index (κ1) is 17.2. The zero-order chi connectivity index (χ0) is 18.0. The maximum atomic E-state index is 13.1. The molecule has 0 spiro atoms. The predicted octanol–water partition coefficient (Wildman–Crippen LogP) is 3.33. The molecular weight excluding hydrogens is 347 g/mol. The molecule has 1 unspecified atom stereocenters. The number of benzene rings is 2. The Morgan fingerprint density at radius 2 is 1.76 bits per heavy atom. The molecule has 1 heterocycles. The Morgan fingerprint density at radius 3 is 2.40 bits per heavy atom. The number of halogens is 2. The summed E-state index contributed by atoms with van der Waals surface area (Å²) in [6, 6.07) is 11.8. The lowest BCUT2D eigenvalue weighted by atomic mass is 9.92. The minimum Gasteiger partial charge on any atom is -0.492 e. The quantitative estimate of drug-likeness (QED) is 0.830. The zero-order valence-corrected chi connectivity index (χ0v) is 14.2. The molecule has 5 nitrogen and oxygen atoms in total. The van der Waals surface area contributed by atoms with Gasteiger partial charge in [0, 0.05) is 5.02 Å². The summed E-state index contributed by atoms with van der Waals surface area (Å²) in [6.07, 6.45) is 0. The van der Waals surface area contributed by atoms with E-state index in [1.165, 1.54) is 24.3 Å². The van der Waals surface area contributed by atoms with Crippen LogP contribution in [0.5, 0.6) is 5.75 Å². The maximum Gasteiger partial charge on any atom is 0.325 e. The van der Waals surface area contributed by atoms with Crippen LogP contribution in [0.25, 0.3) is 0 Å². The third-order valence-corrected chi connectivity index (χ3v) is 4.35. The van der Waals surface area contributed by atoms with E-state index in [0.717, 1.165) is 4.90 Å². The van der Waals surface area contributed by atoms with Crippen molar-refractivity contribution in [2.45, 2.75) is 12.5 Å². The Hall–Kier alpha value is -2.60. The minimum absolute atomic E-state index is 0.101. The molecule has 7 heteroatoms. The second kappa shape index (κ2) is 6.72. The molecule has 0 aromatic heterocycles. The van der Waals surface area contributed by atoms with Crippen LogP contribution in [-0.4, -0.2) is 30.0 Å². The fraction of sp³-hybridized carbons (Fsp3) is 0.222. The molecule has 130 valence electrons. The van der Waals surface area contributed by atoms with Gasteiger partial charge in [0.1, 0.15) is 23.7 Å². The van der Waals surface area contributed by atoms with Gasteiger partial charge < -0.3 is 10.1 Å². The molecule has 3 rings (SSSR count). The van der Waals surface area contributed by atoms with Gasteiger partial charge in [0.15, 0.2) is 0 Å². The largest absolute Gasteiger partial charge is 0.492 e. The van der Waals surface area contributed by atoms with Crippen molar-refractivity contribution < 1.29 is 18.7 Å². The minimum atomic E-state index is -1.22. The van der Waals surface area contributed by atoms with Gasteiger partial charge in [-0.25, -0.2) is 9.18 Å². The zero-order valence-electron chi connectivity index (χ0n) is 13.5. The van der Waals surface area contributed by atoms with Gasteiger partial charge in [0.2, 0.25) is 0 Å². The number of ether oxygens (including phenoxy) is 1. The number of carbonyl (C=O) groups is 2. The Balaban J connectivity index is 1.66. The molecule has 1 atom stereocenters. The van der Waals surface area contributed by atoms with Crippen molar-refractivity contribution in [3.63, 3.8) is 0 Å². The summed E-state index contributed by atoms with van der Waals surface area (Å²) in [5, 5.41) is 3.26. The molecule has 1 saturated heterocycles. The first-order valence-electron chi connectivity index (χ1n) is 7.69. The molecule has 25 heavy (non-hydrogen) atoms. The normalized spacial score (nSPS) is 19.9. The summed E-state index contributed by atoms with van der Waals surface area (Å²) in [5.74, 6) is -0.209. The Kier molecular flexibility index (Phi) is 4.63. The van der Waals surface area contributed by atoms with Crippen LogP contribution in [0.4, 0.5) is 9.18 Å². The third-order valence-electron chi connectivity index (χ3n) is 4.09. The highest BCUT2D eigenvalue weighted by Crippen LogP contribution is 2.28. The van der Waals surface area contributed by atoms with Crippen LogP contribution in [0, 0.1) is 5.82 Å². The Morgan fingerprint density at radius 1 is 1.12 bits per heavy atom. The summed E-state index contributed by atoms with van der Waals surface area (Å²) in [4.78, 5) is 26.0. The van der Waals surface area contributed by atoms with Crippen LogP contribution in [0.2, 0.25) is 5.02 Å². The number of hydrogen-bond donors (Lipinski definition) is 1. The van der Waals surface area contributed by atoms with Crippen molar-refractivity contribution >= 4 is 23.5 Å². The molecule has 0 aliphatic carbocycles. The summed E-state index contributed by atoms with van der Waals surface area (Å²) >= 11 is 5.80. The number of nitrogens with one attached hydrogen (secondary N) is 1. The highest BCUT2D eigenvalue weighted by atomic mass is 35.5. The number of urea groups is 1. The van der Waals surface area contributed by atoms with Gasteiger partial charge in [-0.15, -0.1) is 0 Å². The molecule has 0 radical (unpaired) electrons. The smallest absolute Gasteiger partial charge is 0.325 e. The molecule has 0 saturated carbocycles. The molecule has 1 fully saturated rings. The highest BCUT2D eigenvalue weighted by molar-refractivity contribution is 6.30. The van der Waals surface area contributed by atoms with E-state index in [-0.39, 0.29) is 13.2 Å². The van der Waals surface area contributed by atoms with Crippen LogP contribution < -0.4 is 10.1 Å². The number of hydrogen-bond acceptors (Lipinski definition) is 3. The van der Waals surface area contributed by atoms with E-state index in [2.05, 4.69) is 5.32 Å². The highest BCUT2D eigenvalue weighted by Gasteiger charge is 2.48. The van der Waals surface area contributed by atoms with E-state index in [1.54, 1.807) is 31.2 Å². The monoisotopic (exact) mass is 362 g/mol. The second-order valence-corrected chi connectivity index (χ2v) is 6.26. The van der Waals surface area contributed by atoms with Gasteiger partial charge in [-0.1, -0.05) is 23.7 Å². The van der Waals surface area contributed by atoms with Crippen LogP contribution >= 0.6 is 11.6 Å². The van der Waals surface area contributed by atoms with E-state index in [9.17, 15) is 14.0 Å². The molecule has 2 aromatic rings. The second-order valence-electron chi connectivity index (χ2n) is 5.82. The summed E-state index contributed by atoms with van der Waals surface area (Å²) in [7, 11) is 0. The lowest BCUT2D eigenvalue weighted by Crippen LogP contribution is -2.41. The number of nitrogens with zero attached hydrogens (tertiary/aromatic N) is 1. The van der Waals surface area contributed by atoms with E-state index >= 15 is 0 Å². The fourth-order valence-corrected chi connectivity index (χ4v) is 2.79. The van der Waals surface area contributed by atoms with Crippen molar-refractivity contribution in [1.29, 1.82) is 0 Å². The Labute approximate surface area is 149 Å². The van der Waals surface area contributed by atoms with Crippen LogP contribution in [-0.2, 0) is 10.3 Å². The number of carbonyl (C=O) groups excluding carboxylic acids is 2. The van der Waals surface area contributed by atoms with Crippen molar-refractivity contribution in [2.24, 2.45) is 0 Å². The SMILES string of the molecule is CC1(c2ccc(F)cc2)NC(=O)N(CCOc2ccc(Cl)cc2)C1=O. The summed E-state index contributed by atoms with van der Waals surface area (Å²) in [6.45, 7) is 1.85. The number of amides is 3. The topological polar surface area (TPSA) is 58.6 Å². The average Bonchev–Trinajstić information content (AvgIpc) is 2.81. The van der Waals surface area contributed by atoms with Crippen molar-refractivity contribution in [1.82, 2.24) is 10.2 Å². The van der Waals surface area contributed by atoms with E-state index in [0.29, 0.717) is 16.3 Å². The number of rotatable bonds is 5. The molecule has 2 aromatic carbocycles. The predicted molar refractivity (Wildman–Crippen MR) is 90.9 cm³/mol. The lowest BCUT2D eigenvalue weighted by Gasteiger charge is -2.22. The molecular formula is C18H16ClFN2O3.